The summed E-state index contributed by atoms with van der Waals surface area (Å²) in [5.74, 6) is 0. The molecular weight excluding hydrogens is 206 g/mol. The molecule has 2 aromatic carbocycles. The van der Waals surface area contributed by atoms with Gasteiger partial charge < -0.3 is 5.32 Å². The van der Waals surface area contributed by atoms with Crippen molar-refractivity contribution in [1.82, 2.24) is 5.32 Å². The molecule has 0 saturated heterocycles. The molecule has 0 bridgehead atoms. The molecule has 90 valence electrons. The van der Waals surface area contributed by atoms with E-state index in [1.165, 1.54) is 16.3 Å². The Hall–Kier alpha value is -1.34. The van der Waals surface area contributed by atoms with E-state index in [-0.39, 0.29) is 0 Å². The molecule has 0 heterocycles. The number of hydrogen-bond acceptors (Lipinski definition) is 1. The van der Waals surface area contributed by atoms with Crippen LogP contribution < -0.4 is 5.32 Å². The number of benzene rings is 2. The average molecular weight is 227 g/mol. The van der Waals surface area contributed by atoms with E-state index in [2.05, 4.69) is 68.6 Å². The lowest BCUT2D eigenvalue weighted by Gasteiger charge is -2.19. The summed E-state index contributed by atoms with van der Waals surface area (Å²) in [7, 11) is 0. The minimum atomic E-state index is 0.338. The minimum Gasteiger partial charge on any atom is -0.312 e. The van der Waals surface area contributed by atoms with Gasteiger partial charge in [-0.15, -0.1) is 0 Å². The van der Waals surface area contributed by atoms with Gasteiger partial charge in [-0.2, -0.15) is 0 Å². The van der Waals surface area contributed by atoms with E-state index >= 15 is 0 Å². The molecule has 2 rings (SSSR count). The molecular formula is C16H21N. The standard InChI is InChI=1S/C16H21N/c1-16(2,3)12-17-11-14-9-6-8-13-7-4-5-10-15(13)14/h4-10,17H,11-12H2,1-3H3. The molecule has 2 aromatic rings. The van der Waals surface area contributed by atoms with E-state index in [1.54, 1.807) is 0 Å². The van der Waals surface area contributed by atoms with E-state index in [9.17, 15) is 0 Å². The molecule has 0 fully saturated rings. The van der Waals surface area contributed by atoms with Gasteiger partial charge in [0.05, 0.1) is 0 Å². The van der Waals surface area contributed by atoms with Gasteiger partial charge in [0.15, 0.2) is 0 Å². The van der Waals surface area contributed by atoms with Crippen molar-refractivity contribution < 1.29 is 0 Å². The highest BCUT2D eigenvalue weighted by molar-refractivity contribution is 5.85. The first-order chi connectivity index (χ1) is 8.06. The monoisotopic (exact) mass is 227 g/mol. The summed E-state index contributed by atoms with van der Waals surface area (Å²) in [5.41, 5.74) is 1.72. The van der Waals surface area contributed by atoms with E-state index in [0.29, 0.717) is 5.41 Å². The summed E-state index contributed by atoms with van der Waals surface area (Å²) in [6, 6.07) is 15.1. The van der Waals surface area contributed by atoms with Crippen molar-refractivity contribution >= 4 is 10.8 Å². The summed E-state index contributed by atoms with van der Waals surface area (Å²) in [5, 5.41) is 6.21. The van der Waals surface area contributed by atoms with Crippen molar-refractivity contribution in [3.05, 3.63) is 48.0 Å². The second-order valence-electron chi connectivity index (χ2n) is 5.80. The molecule has 0 spiro atoms. The Morgan fingerprint density at radius 1 is 0.941 bits per heavy atom. The molecule has 0 saturated carbocycles. The highest BCUT2D eigenvalue weighted by atomic mass is 14.9. The number of rotatable bonds is 3. The first kappa shape index (κ1) is 12.1. The Morgan fingerprint density at radius 2 is 1.65 bits per heavy atom. The average Bonchev–Trinajstić information content (AvgIpc) is 2.28. The van der Waals surface area contributed by atoms with Gasteiger partial charge in [0.2, 0.25) is 0 Å². The van der Waals surface area contributed by atoms with E-state index in [1.807, 2.05) is 0 Å². The summed E-state index contributed by atoms with van der Waals surface area (Å²) in [6.45, 7) is 8.74. The Labute approximate surface area is 104 Å². The fourth-order valence-corrected chi connectivity index (χ4v) is 2.02. The van der Waals surface area contributed by atoms with Crippen LogP contribution in [0.4, 0.5) is 0 Å². The smallest absolute Gasteiger partial charge is 0.0211 e. The number of hydrogen-bond donors (Lipinski definition) is 1. The largest absolute Gasteiger partial charge is 0.312 e. The zero-order valence-electron chi connectivity index (χ0n) is 11.0. The maximum Gasteiger partial charge on any atom is 0.0211 e. The zero-order chi connectivity index (χ0) is 12.3. The van der Waals surface area contributed by atoms with Crippen LogP contribution in [0.3, 0.4) is 0 Å². The van der Waals surface area contributed by atoms with Crippen molar-refractivity contribution in [3.8, 4) is 0 Å². The van der Waals surface area contributed by atoms with Crippen molar-refractivity contribution in [2.24, 2.45) is 5.41 Å². The Morgan fingerprint density at radius 3 is 2.41 bits per heavy atom. The van der Waals surface area contributed by atoms with Crippen molar-refractivity contribution in [2.75, 3.05) is 6.54 Å². The summed E-state index contributed by atoms with van der Waals surface area (Å²) in [4.78, 5) is 0. The molecule has 0 aliphatic heterocycles. The fourth-order valence-electron chi connectivity index (χ4n) is 2.02. The normalized spacial score (nSPS) is 11.9. The van der Waals surface area contributed by atoms with Crippen LogP contribution in [-0.4, -0.2) is 6.54 Å². The highest BCUT2D eigenvalue weighted by Gasteiger charge is 2.09. The maximum absolute atomic E-state index is 3.53. The molecule has 0 aliphatic rings. The molecule has 17 heavy (non-hydrogen) atoms. The van der Waals surface area contributed by atoms with Crippen molar-refractivity contribution in [2.45, 2.75) is 27.3 Å². The van der Waals surface area contributed by atoms with Gasteiger partial charge in [-0.3, -0.25) is 0 Å². The zero-order valence-corrected chi connectivity index (χ0v) is 11.0. The van der Waals surface area contributed by atoms with Crippen molar-refractivity contribution in [3.63, 3.8) is 0 Å². The quantitative estimate of drug-likeness (QED) is 0.836. The van der Waals surface area contributed by atoms with Crippen LogP contribution in [0, 0.1) is 5.41 Å². The van der Waals surface area contributed by atoms with Crippen LogP contribution in [0.2, 0.25) is 0 Å². The number of nitrogens with one attached hydrogen (secondary N) is 1. The van der Waals surface area contributed by atoms with Gasteiger partial charge in [-0.05, 0) is 21.8 Å². The van der Waals surface area contributed by atoms with E-state index < -0.39 is 0 Å². The van der Waals surface area contributed by atoms with Crippen molar-refractivity contribution in [1.29, 1.82) is 0 Å². The van der Waals surface area contributed by atoms with E-state index in [4.69, 9.17) is 0 Å². The Balaban J connectivity index is 2.13. The van der Waals surface area contributed by atoms with Gasteiger partial charge in [0, 0.05) is 13.1 Å². The molecule has 0 atom stereocenters. The molecule has 1 nitrogen and oxygen atoms in total. The third-order valence-corrected chi connectivity index (χ3v) is 2.85. The van der Waals surface area contributed by atoms with Gasteiger partial charge >= 0.3 is 0 Å². The van der Waals surface area contributed by atoms with Gasteiger partial charge in [-0.1, -0.05) is 63.2 Å². The third-order valence-electron chi connectivity index (χ3n) is 2.85. The van der Waals surface area contributed by atoms with Gasteiger partial charge in [-0.25, -0.2) is 0 Å². The minimum absolute atomic E-state index is 0.338. The van der Waals surface area contributed by atoms with Crippen LogP contribution in [0.1, 0.15) is 26.3 Å². The molecule has 0 amide bonds. The lowest BCUT2D eigenvalue weighted by Crippen LogP contribution is -2.26. The second-order valence-corrected chi connectivity index (χ2v) is 5.80. The van der Waals surface area contributed by atoms with Gasteiger partial charge in [0.25, 0.3) is 0 Å². The van der Waals surface area contributed by atoms with Crippen LogP contribution in [0.25, 0.3) is 10.8 Å². The van der Waals surface area contributed by atoms with Crippen LogP contribution >= 0.6 is 0 Å². The second kappa shape index (κ2) is 4.89. The summed E-state index contributed by atoms with van der Waals surface area (Å²) < 4.78 is 0. The first-order valence-electron chi connectivity index (χ1n) is 6.24. The van der Waals surface area contributed by atoms with Crippen LogP contribution in [0.15, 0.2) is 42.5 Å². The molecule has 0 aromatic heterocycles. The lowest BCUT2D eigenvalue weighted by atomic mass is 9.96. The predicted molar refractivity (Wildman–Crippen MR) is 75.1 cm³/mol. The third kappa shape index (κ3) is 3.31. The lowest BCUT2D eigenvalue weighted by molar-refractivity contribution is 0.379. The Kier molecular flexibility index (Phi) is 3.49. The topological polar surface area (TPSA) is 12.0 Å². The molecule has 1 N–H and O–H groups in total. The molecule has 1 heteroatoms. The van der Waals surface area contributed by atoms with Crippen LogP contribution in [-0.2, 0) is 6.54 Å². The molecule has 0 unspecified atom stereocenters. The van der Waals surface area contributed by atoms with E-state index in [0.717, 1.165) is 13.1 Å². The number of fused-ring (bicyclic) bond motifs is 1. The highest BCUT2D eigenvalue weighted by Crippen LogP contribution is 2.18. The Bertz CT molecular complexity index is 489. The predicted octanol–water partition coefficient (Wildman–Crippen LogP) is 3.98. The van der Waals surface area contributed by atoms with Gasteiger partial charge in [0.1, 0.15) is 0 Å². The first-order valence-corrected chi connectivity index (χ1v) is 6.24. The molecule has 0 aliphatic carbocycles. The van der Waals surface area contributed by atoms with Crippen LogP contribution in [0.5, 0.6) is 0 Å². The summed E-state index contributed by atoms with van der Waals surface area (Å²) >= 11 is 0. The summed E-state index contributed by atoms with van der Waals surface area (Å²) in [6.07, 6.45) is 0. The maximum atomic E-state index is 3.53. The molecule has 0 radical (unpaired) electrons. The fraction of sp³-hybridized carbons (Fsp3) is 0.375. The SMILES string of the molecule is CC(C)(C)CNCc1cccc2ccccc12.